The fourth-order valence-corrected chi connectivity index (χ4v) is 1.91. The quantitative estimate of drug-likeness (QED) is 0.510. The summed E-state index contributed by atoms with van der Waals surface area (Å²) in [6.07, 6.45) is 1.55. The lowest BCUT2D eigenvalue weighted by atomic mass is 10.0. The van der Waals surface area contributed by atoms with Gasteiger partial charge in [0.15, 0.2) is 0 Å². The van der Waals surface area contributed by atoms with E-state index in [-0.39, 0.29) is 10.6 Å². The van der Waals surface area contributed by atoms with E-state index >= 15 is 0 Å². The fourth-order valence-electron chi connectivity index (χ4n) is 1.76. The lowest BCUT2D eigenvalue weighted by molar-refractivity contribution is 0.523. The Morgan fingerprint density at radius 1 is 1.39 bits per heavy atom. The summed E-state index contributed by atoms with van der Waals surface area (Å²) in [6.45, 7) is 0. The van der Waals surface area contributed by atoms with Crippen molar-refractivity contribution >= 4 is 11.6 Å². The molecule has 2 rings (SSSR count). The van der Waals surface area contributed by atoms with Gasteiger partial charge in [0.25, 0.3) is 0 Å². The largest absolute Gasteiger partial charge is 0.271 e. The average molecular weight is 273 g/mol. The van der Waals surface area contributed by atoms with Crippen molar-refractivity contribution in [3.05, 3.63) is 52.3 Å². The highest BCUT2D eigenvalue weighted by Crippen LogP contribution is 2.27. The lowest BCUT2D eigenvalue weighted by Crippen LogP contribution is -2.31. The van der Waals surface area contributed by atoms with Crippen molar-refractivity contribution in [3.63, 3.8) is 0 Å². The molecule has 1 unspecified atom stereocenters. The van der Waals surface area contributed by atoms with E-state index in [4.69, 9.17) is 17.4 Å². The molecule has 4 nitrogen and oxygen atoms in total. The van der Waals surface area contributed by atoms with Gasteiger partial charge in [-0.1, -0.05) is 11.6 Å². The van der Waals surface area contributed by atoms with E-state index in [9.17, 15) is 8.78 Å². The standard InChI is InChI=1S/C11H11ClF2N4/c1-18-10(2-3-16-18)11(17-15)6-4-9(14)7(12)5-8(6)13/h2-5,11,17H,15H2,1H3. The maximum absolute atomic E-state index is 13.8. The van der Waals surface area contributed by atoms with E-state index in [1.165, 1.54) is 4.68 Å². The zero-order valence-electron chi connectivity index (χ0n) is 9.49. The topological polar surface area (TPSA) is 55.9 Å². The summed E-state index contributed by atoms with van der Waals surface area (Å²) in [5.74, 6) is 4.08. The van der Waals surface area contributed by atoms with E-state index in [0.29, 0.717) is 5.69 Å². The zero-order chi connectivity index (χ0) is 13.3. The molecule has 1 atom stereocenters. The third kappa shape index (κ3) is 2.22. The minimum absolute atomic E-state index is 0.0722. The second-order valence-corrected chi connectivity index (χ2v) is 4.17. The molecule has 18 heavy (non-hydrogen) atoms. The highest BCUT2D eigenvalue weighted by Gasteiger charge is 2.21. The average Bonchev–Trinajstić information content (AvgIpc) is 2.73. The monoisotopic (exact) mass is 272 g/mol. The number of hydrogen-bond donors (Lipinski definition) is 2. The Morgan fingerprint density at radius 3 is 2.67 bits per heavy atom. The molecule has 0 bridgehead atoms. The van der Waals surface area contributed by atoms with Crippen LogP contribution in [-0.2, 0) is 7.05 Å². The summed E-state index contributed by atoms with van der Waals surface area (Å²) in [6, 6.07) is 2.91. The molecule has 0 fully saturated rings. The van der Waals surface area contributed by atoms with Crippen molar-refractivity contribution in [3.8, 4) is 0 Å². The van der Waals surface area contributed by atoms with Crippen LogP contribution >= 0.6 is 11.6 Å². The number of nitrogens with zero attached hydrogens (tertiary/aromatic N) is 2. The highest BCUT2D eigenvalue weighted by atomic mass is 35.5. The van der Waals surface area contributed by atoms with Gasteiger partial charge in [0.05, 0.1) is 16.8 Å². The number of hydrogen-bond acceptors (Lipinski definition) is 3. The molecule has 0 amide bonds. The summed E-state index contributed by atoms with van der Waals surface area (Å²) >= 11 is 5.51. The second kappa shape index (κ2) is 5.01. The van der Waals surface area contributed by atoms with Crippen LogP contribution in [0.4, 0.5) is 8.78 Å². The molecule has 1 aromatic carbocycles. The van der Waals surface area contributed by atoms with E-state index in [0.717, 1.165) is 12.1 Å². The molecule has 3 N–H and O–H groups in total. The smallest absolute Gasteiger partial charge is 0.142 e. The Bertz CT molecular complexity index is 570. The Labute approximate surface area is 107 Å². The first-order chi connectivity index (χ1) is 8.54. The van der Waals surface area contributed by atoms with Gasteiger partial charge in [0.1, 0.15) is 11.6 Å². The van der Waals surface area contributed by atoms with Crippen LogP contribution in [0, 0.1) is 11.6 Å². The molecule has 0 radical (unpaired) electrons. The van der Waals surface area contributed by atoms with Crippen LogP contribution in [0.15, 0.2) is 24.4 Å². The van der Waals surface area contributed by atoms with Gasteiger partial charge in [-0.15, -0.1) is 0 Å². The van der Waals surface area contributed by atoms with Gasteiger partial charge in [-0.2, -0.15) is 5.10 Å². The number of nitrogens with one attached hydrogen (secondary N) is 1. The first-order valence-corrected chi connectivity index (χ1v) is 5.51. The Morgan fingerprint density at radius 2 is 2.11 bits per heavy atom. The summed E-state index contributed by atoms with van der Waals surface area (Å²) in [4.78, 5) is 0. The summed E-state index contributed by atoms with van der Waals surface area (Å²) in [5.41, 5.74) is 3.12. The molecule has 0 spiro atoms. The fraction of sp³-hybridized carbons (Fsp3) is 0.182. The molecule has 1 heterocycles. The number of hydrazine groups is 1. The van der Waals surface area contributed by atoms with Crippen molar-refractivity contribution in [2.75, 3.05) is 0 Å². The maximum Gasteiger partial charge on any atom is 0.142 e. The van der Waals surface area contributed by atoms with E-state index in [1.54, 1.807) is 19.3 Å². The van der Waals surface area contributed by atoms with Gasteiger partial charge in [-0.3, -0.25) is 10.5 Å². The summed E-state index contributed by atoms with van der Waals surface area (Å²) < 4.78 is 28.7. The first kappa shape index (κ1) is 12.9. The van der Waals surface area contributed by atoms with Crippen LogP contribution in [0.25, 0.3) is 0 Å². The number of nitrogens with two attached hydrogens (primary N) is 1. The van der Waals surface area contributed by atoms with E-state index in [2.05, 4.69) is 10.5 Å². The zero-order valence-corrected chi connectivity index (χ0v) is 10.2. The molecular formula is C11H11ClF2N4. The maximum atomic E-state index is 13.8. The van der Waals surface area contributed by atoms with Gasteiger partial charge in [-0.05, 0) is 18.2 Å². The third-order valence-electron chi connectivity index (χ3n) is 2.67. The molecular weight excluding hydrogens is 262 g/mol. The molecule has 2 aromatic rings. The molecule has 0 aliphatic heterocycles. The normalized spacial score (nSPS) is 12.7. The number of rotatable bonds is 3. The van der Waals surface area contributed by atoms with E-state index in [1.807, 2.05) is 0 Å². The van der Waals surface area contributed by atoms with Crippen molar-refractivity contribution in [2.24, 2.45) is 12.9 Å². The highest BCUT2D eigenvalue weighted by molar-refractivity contribution is 6.30. The third-order valence-corrected chi connectivity index (χ3v) is 2.96. The molecule has 0 aliphatic rings. The van der Waals surface area contributed by atoms with Crippen LogP contribution < -0.4 is 11.3 Å². The van der Waals surface area contributed by atoms with Gasteiger partial charge in [0.2, 0.25) is 0 Å². The van der Waals surface area contributed by atoms with Gasteiger partial charge in [-0.25, -0.2) is 14.2 Å². The summed E-state index contributed by atoms with van der Waals surface area (Å²) in [5, 5.41) is 3.69. The Kier molecular flexibility index (Phi) is 3.60. The number of aromatic nitrogens is 2. The SMILES string of the molecule is Cn1nccc1C(NN)c1cc(F)c(Cl)cc1F. The number of benzene rings is 1. The van der Waals surface area contributed by atoms with Crippen molar-refractivity contribution < 1.29 is 8.78 Å². The molecule has 0 aliphatic carbocycles. The summed E-state index contributed by atoms with van der Waals surface area (Å²) in [7, 11) is 1.68. The van der Waals surface area contributed by atoms with Gasteiger partial charge >= 0.3 is 0 Å². The molecule has 1 aromatic heterocycles. The van der Waals surface area contributed by atoms with Crippen LogP contribution in [0.2, 0.25) is 5.02 Å². The van der Waals surface area contributed by atoms with Crippen molar-refractivity contribution in [2.45, 2.75) is 6.04 Å². The minimum Gasteiger partial charge on any atom is -0.271 e. The lowest BCUT2D eigenvalue weighted by Gasteiger charge is -2.17. The van der Waals surface area contributed by atoms with E-state index < -0.39 is 17.7 Å². The Hall–Kier alpha value is -1.50. The predicted molar refractivity (Wildman–Crippen MR) is 63.7 cm³/mol. The Balaban J connectivity index is 2.52. The van der Waals surface area contributed by atoms with Crippen LogP contribution in [-0.4, -0.2) is 9.78 Å². The van der Waals surface area contributed by atoms with Gasteiger partial charge in [0, 0.05) is 18.8 Å². The number of aryl methyl sites for hydroxylation is 1. The van der Waals surface area contributed by atoms with Crippen LogP contribution in [0.3, 0.4) is 0 Å². The van der Waals surface area contributed by atoms with Crippen LogP contribution in [0.5, 0.6) is 0 Å². The number of halogens is 3. The molecule has 0 saturated carbocycles. The van der Waals surface area contributed by atoms with Crippen molar-refractivity contribution in [1.82, 2.24) is 15.2 Å². The first-order valence-electron chi connectivity index (χ1n) is 5.13. The van der Waals surface area contributed by atoms with Gasteiger partial charge < -0.3 is 0 Å². The van der Waals surface area contributed by atoms with Crippen molar-refractivity contribution in [1.29, 1.82) is 0 Å². The van der Waals surface area contributed by atoms with Crippen LogP contribution in [0.1, 0.15) is 17.3 Å². The second-order valence-electron chi connectivity index (χ2n) is 3.77. The minimum atomic E-state index is -0.704. The molecule has 96 valence electrons. The predicted octanol–water partition coefficient (Wildman–Crippen LogP) is 1.90. The molecule has 7 heteroatoms. The molecule has 0 saturated heterocycles.